The minimum atomic E-state index is 1.28. The Morgan fingerprint density at radius 1 is 0.423 bits per heavy atom. The molecule has 126 valence electrons. The molecule has 26 heavy (non-hydrogen) atoms. The van der Waals surface area contributed by atoms with E-state index in [4.69, 9.17) is 0 Å². The quantitative estimate of drug-likeness (QED) is 0.274. The fourth-order valence-corrected chi connectivity index (χ4v) is 3.67. The third-order valence-corrected chi connectivity index (χ3v) is 4.81. The smallest absolute Gasteiger partial charge is 0.00266 e. The molecule has 0 fully saturated rings. The molecule has 0 N–H and O–H groups in total. The molecule has 5 rings (SSSR count). The van der Waals surface area contributed by atoms with Crippen LogP contribution < -0.4 is 0 Å². The molecule has 0 aliphatic heterocycles. The molecule has 0 aliphatic rings. The maximum atomic E-state index is 2.31. The number of fused-ring (bicyclic) bond motifs is 3. The van der Waals surface area contributed by atoms with E-state index in [-0.39, 0.29) is 0 Å². The molecule has 0 saturated carbocycles. The Balaban J connectivity index is 0.000000814. The summed E-state index contributed by atoms with van der Waals surface area (Å²) in [6.45, 7) is 4.00. The first-order chi connectivity index (χ1) is 12.9. The molecule has 0 amide bonds. The summed E-state index contributed by atoms with van der Waals surface area (Å²) in [6, 6.07) is 35.0. The zero-order valence-corrected chi connectivity index (χ0v) is 15.2. The van der Waals surface area contributed by atoms with Crippen molar-refractivity contribution in [3.63, 3.8) is 0 Å². The van der Waals surface area contributed by atoms with Gasteiger partial charge in [-0.25, -0.2) is 0 Å². The van der Waals surface area contributed by atoms with E-state index in [0.717, 1.165) is 0 Å². The van der Waals surface area contributed by atoms with Crippen LogP contribution in [0.25, 0.3) is 43.4 Å². The standard InChI is InChI=1S/C24H16.C2H6/c1-2-8-18-15-21(14-13-17(18)7-1)24-22-11-5-3-9-19(22)16-20-10-4-6-12-23(20)24;1-2/h1-16H;1-2H3. The van der Waals surface area contributed by atoms with Crippen LogP contribution in [0, 0.1) is 0 Å². The lowest BCUT2D eigenvalue weighted by Gasteiger charge is -2.13. The van der Waals surface area contributed by atoms with Crippen molar-refractivity contribution < 1.29 is 0 Å². The first kappa shape index (κ1) is 16.4. The van der Waals surface area contributed by atoms with E-state index < -0.39 is 0 Å². The Morgan fingerprint density at radius 3 is 1.54 bits per heavy atom. The molecular formula is C26H22. The summed E-state index contributed by atoms with van der Waals surface area (Å²) in [6.07, 6.45) is 0. The van der Waals surface area contributed by atoms with E-state index in [1.807, 2.05) is 13.8 Å². The third kappa shape index (κ3) is 2.74. The highest BCUT2D eigenvalue weighted by Gasteiger charge is 2.09. The van der Waals surface area contributed by atoms with Gasteiger partial charge in [0.25, 0.3) is 0 Å². The maximum Gasteiger partial charge on any atom is -0.00266 e. The van der Waals surface area contributed by atoms with Crippen molar-refractivity contribution in [2.24, 2.45) is 0 Å². The summed E-state index contributed by atoms with van der Waals surface area (Å²) in [4.78, 5) is 0. The summed E-state index contributed by atoms with van der Waals surface area (Å²) < 4.78 is 0. The van der Waals surface area contributed by atoms with Crippen LogP contribution in [-0.2, 0) is 0 Å². The normalized spacial score (nSPS) is 10.7. The first-order valence-electron chi connectivity index (χ1n) is 9.30. The molecule has 0 aliphatic carbocycles. The van der Waals surface area contributed by atoms with Crippen molar-refractivity contribution in [3.05, 3.63) is 97.1 Å². The molecule has 0 aromatic heterocycles. The maximum absolute atomic E-state index is 2.31. The van der Waals surface area contributed by atoms with Gasteiger partial charge < -0.3 is 0 Å². The fourth-order valence-electron chi connectivity index (χ4n) is 3.67. The van der Waals surface area contributed by atoms with Gasteiger partial charge in [-0.05, 0) is 55.6 Å². The van der Waals surface area contributed by atoms with Gasteiger partial charge in [0.2, 0.25) is 0 Å². The molecule has 5 aromatic rings. The molecular weight excluding hydrogens is 312 g/mol. The monoisotopic (exact) mass is 334 g/mol. The van der Waals surface area contributed by atoms with Gasteiger partial charge in [0.1, 0.15) is 0 Å². The van der Waals surface area contributed by atoms with Gasteiger partial charge in [0, 0.05) is 0 Å². The van der Waals surface area contributed by atoms with Gasteiger partial charge in [-0.15, -0.1) is 0 Å². The zero-order valence-electron chi connectivity index (χ0n) is 15.2. The molecule has 0 saturated heterocycles. The number of hydrogen-bond donors (Lipinski definition) is 0. The molecule has 5 aromatic carbocycles. The lowest BCUT2D eigenvalue weighted by Crippen LogP contribution is -1.86. The van der Waals surface area contributed by atoms with E-state index in [2.05, 4.69) is 97.1 Å². The van der Waals surface area contributed by atoms with Crippen molar-refractivity contribution in [3.8, 4) is 11.1 Å². The van der Waals surface area contributed by atoms with Crippen LogP contribution in [0.15, 0.2) is 97.1 Å². The van der Waals surface area contributed by atoms with Crippen LogP contribution in [0.1, 0.15) is 13.8 Å². The Hall–Kier alpha value is -3.12. The second kappa shape index (κ2) is 7.01. The van der Waals surface area contributed by atoms with Gasteiger partial charge in [-0.1, -0.05) is 98.8 Å². The minimum Gasteiger partial charge on any atom is -0.0683 e. The van der Waals surface area contributed by atoms with E-state index in [1.165, 1.54) is 43.4 Å². The second-order valence-electron chi connectivity index (χ2n) is 6.26. The average Bonchev–Trinajstić information content (AvgIpc) is 2.73. The van der Waals surface area contributed by atoms with Gasteiger partial charge in [0.05, 0.1) is 0 Å². The van der Waals surface area contributed by atoms with Crippen LogP contribution >= 0.6 is 0 Å². The Bertz CT molecular complexity index is 1140. The Morgan fingerprint density at radius 2 is 0.923 bits per heavy atom. The second-order valence-corrected chi connectivity index (χ2v) is 6.26. The molecule has 0 atom stereocenters. The molecule has 0 unspecified atom stereocenters. The number of hydrogen-bond acceptors (Lipinski definition) is 0. The summed E-state index contributed by atoms with van der Waals surface area (Å²) >= 11 is 0. The highest BCUT2D eigenvalue weighted by molar-refractivity contribution is 6.13. The summed E-state index contributed by atoms with van der Waals surface area (Å²) in [5.41, 5.74) is 2.61. The lowest BCUT2D eigenvalue weighted by atomic mass is 9.91. The molecule has 0 bridgehead atoms. The highest BCUT2D eigenvalue weighted by Crippen LogP contribution is 2.37. The van der Waals surface area contributed by atoms with E-state index in [1.54, 1.807) is 0 Å². The van der Waals surface area contributed by atoms with Crippen molar-refractivity contribution in [2.45, 2.75) is 13.8 Å². The van der Waals surface area contributed by atoms with Crippen LogP contribution in [0.5, 0.6) is 0 Å². The molecule has 0 heteroatoms. The van der Waals surface area contributed by atoms with Crippen molar-refractivity contribution in [2.75, 3.05) is 0 Å². The Labute approximate surface area is 154 Å². The van der Waals surface area contributed by atoms with Crippen LogP contribution in [-0.4, -0.2) is 0 Å². The van der Waals surface area contributed by atoms with Gasteiger partial charge in [-0.2, -0.15) is 0 Å². The number of benzene rings is 5. The molecule has 0 heterocycles. The average molecular weight is 334 g/mol. The predicted molar refractivity (Wildman–Crippen MR) is 116 cm³/mol. The minimum absolute atomic E-state index is 1.28. The summed E-state index contributed by atoms with van der Waals surface area (Å²) in [7, 11) is 0. The van der Waals surface area contributed by atoms with E-state index in [9.17, 15) is 0 Å². The Kier molecular flexibility index (Phi) is 4.41. The van der Waals surface area contributed by atoms with Crippen molar-refractivity contribution in [1.29, 1.82) is 0 Å². The zero-order chi connectivity index (χ0) is 17.9. The van der Waals surface area contributed by atoms with Crippen LogP contribution in [0.3, 0.4) is 0 Å². The SMILES string of the molecule is CC.c1ccc2cc(-c3c4ccccc4cc4ccccc34)ccc2c1. The largest absolute Gasteiger partial charge is 0.0683 e. The van der Waals surface area contributed by atoms with Crippen LogP contribution in [0.4, 0.5) is 0 Å². The third-order valence-electron chi connectivity index (χ3n) is 4.81. The van der Waals surface area contributed by atoms with E-state index >= 15 is 0 Å². The van der Waals surface area contributed by atoms with Crippen molar-refractivity contribution >= 4 is 32.3 Å². The van der Waals surface area contributed by atoms with Gasteiger partial charge in [0.15, 0.2) is 0 Å². The molecule has 0 spiro atoms. The van der Waals surface area contributed by atoms with Crippen molar-refractivity contribution in [1.82, 2.24) is 0 Å². The summed E-state index contributed by atoms with van der Waals surface area (Å²) in [5.74, 6) is 0. The summed E-state index contributed by atoms with van der Waals surface area (Å²) in [5, 5.41) is 7.77. The van der Waals surface area contributed by atoms with E-state index in [0.29, 0.717) is 0 Å². The van der Waals surface area contributed by atoms with Gasteiger partial charge in [-0.3, -0.25) is 0 Å². The highest BCUT2D eigenvalue weighted by atomic mass is 14.1. The molecule has 0 nitrogen and oxygen atoms in total. The fraction of sp³-hybridized carbons (Fsp3) is 0.0769. The number of rotatable bonds is 1. The lowest BCUT2D eigenvalue weighted by molar-refractivity contribution is 1.50. The topological polar surface area (TPSA) is 0 Å². The predicted octanol–water partition coefficient (Wildman–Crippen LogP) is 7.84. The van der Waals surface area contributed by atoms with Crippen LogP contribution in [0.2, 0.25) is 0 Å². The van der Waals surface area contributed by atoms with Gasteiger partial charge >= 0.3 is 0 Å². The molecule has 0 radical (unpaired) electrons. The first-order valence-corrected chi connectivity index (χ1v) is 9.30.